The monoisotopic (exact) mass is 456 g/mol. The van der Waals surface area contributed by atoms with E-state index in [-0.39, 0.29) is 17.7 Å². The standard InChI is InChI=1S/C27H28N4O3/c1-3-4-17-27(24(29-20(2)32)21-15-18-28-19-16-21)25(33)30(22-11-7-5-8-12-22)31(26(27)34)23-13-9-6-10-14-23/h5-16,18-19,24H,3-4,17H2,1-2H3,(H,29,32). The number of benzene rings is 2. The highest BCUT2D eigenvalue weighted by Crippen LogP contribution is 2.49. The van der Waals surface area contributed by atoms with E-state index in [9.17, 15) is 14.4 Å². The van der Waals surface area contributed by atoms with Gasteiger partial charge in [0, 0.05) is 19.3 Å². The second kappa shape index (κ2) is 9.87. The third kappa shape index (κ3) is 4.05. The first-order chi connectivity index (χ1) is 16.5. The summed E-state index contributed by atoms with van der Waals surface area (Å²) in [6.45, 7) is 3.41. The number of anilines is 2. The number of para-hydroxylation sites is 2. The average Bonchev–Trinajstić information content (AvgIpc) is 3.09. The molecular formula is C27H28N4O3. The first-order valence-corrected chi connectivity index (χ1v) is 11.5. The summed E-state index contributed by atoms with van der Waals surface area (Å²) < 4.78 is 0. The molecule has 0 radical (unpaired) electrons. The number of hydrogen-bond donors (Lipinski definition) is 1. The van der Waals surface area contributed by atoms with Gasteiger partial charge in [-0.3, -0.25) is 19.4 Å². The van der Waals surface area contributed by atoms with Gasteiger partial charge < -0.3 is 5.32 Å². The summed E-state index contributed by atoms with van der Waals surface area (Å²) in [7, 11) is 0. The predicted octanol–water partition coefficient (Wildman–Crippen LogP) is 4.43. The SMILES string of the molecule is CCCCC1(C(NC(C)=O)c2ccncc2)C(=O)N(c2ccccc2)N(c2ccccc2)C1=O. The second-order valence-corrected chi connectivity index (χ2v) is 8.39. The molecule has 1 aromatic heterocycles. The molecule has 1 saturated heterocycles. The van der Waals surface area contributed by atoms with Crippen LogP contribution in [-0.2, 0) is 14.4 Å². The summed E-state index contributed by atoms with van der Waals surface area (Å²) in [5, 5.41) is 5.83. The van der Waals surface area contributed by atoms with Crippen molar-refractivity contribution in [3.05, 3.63) is 90.8 Å². The lowest BCUT2D eigenvalue weighted by molar-refractivity contribution is -0.138. The first-order valence-electron chi connectivity index (χ1n) is 11.5. The highest BCUT2D eigenvalue weighted by molar-refractivity contribution is 6.26. The molecule has 1 unspecified atom stereocenters. The van der Waals surface area contributed by atoms with Gasteiger partial charge in [-0.1, -0.05) is 56.2 Å². The smallest absolute Gasteiger partial charge is 0.264 e. The minimum atomic E-state index is -1.52. The second-order valence-electron chi connectivity index (χ2n) is 8.39. The van der Waals surface area contributed by atoms with Gasteiger partial charge in [-0.05, 0) is 48.4 Å². The van der Waals surface area contributed by atoms with E-state index in [4.69, 9.17) is 0 Å². The zero-order chi connectivity index (χ0) is 24.1. The number of nitrogens with one attached hydrogen (secondary N) is 1. The molecule has 1 atom stereocenters. The van der Waals surface area contributed by atoms with Crippen LogP contribution in [0, 0.1) is 5.41 Å². The molecule has 0 aliphatic carbocycles. The van der Waals surface area contributed by atoms with Crippen molar-refractivity contribution in [2.75, 3.05) is 10.0 Å². The van der Waals surface area contributed by atoms with Crippen LogP contribution >= 0.6 is 0 Å². The zero-order valence-electron chi connectivity index (χ0n) is 19.3. The lowest BCUT2D eigenvalue weighted by Crippen LogP contribution is -2.49. The summed E-state index contributed by atoms with van der Waals surface area (Å²) in [4.78, 5) is 45.3. The van der Waals surface area contributed by atoms with E-state index < -0.39 is 11.5 Å². The Bertz CT molecular complexity index is 1090. The van der Waals surface area contributed by atoms with Crippen molar-refractivity contribution in [2.24, 2.45) is 5.41 Å². The molecule has 1 aliphatic rings. The maximum atomic E-state index is 14.4. The Labute approximate surface area is 199 Å². The Kier molecular flexibility index (Phi) is 6.72. The third-order valence-corrected chi connectivity index (χ3v) is 6.15. The Balaban J connectivity index is 1.96. The van der Waals surface area contributed by atoms with Crippen LogP contribution in [0.3, 0.4) is 0 Å². The maximum absolute atomic E-state index is 14.4. The van der Waals surface area contributed by atoms with Crippen LogP contribution in [0.5, 0.6) is 0 Å². The largest absolute Gasteiger partial charge is 0.348 e. The summed E-state index contributed by atoms with van der Waals surface area (Å²) >= 11 is 0. The molecule has 34 heavy (non-hydrogen) atoms. The van der Waals surface area contributed by atoms with Gasteiger partial charge in [0.05, 0.1) is 17.4 Å². The molecule has 7 heteroatoms. The molecule has 0 saturated carbocycles. The lowest BCUT2D eigenvalue weighted by Gasteiger charge is -2.34. The highest BCUT2D eigenvalue weighted by Gasteiger charge is 2.63. The summed E-state index contributed by atoms with van der Waals surface area (Å²) in [5.41, 5.74) is 0.305. The fourth-order valence-corrected chi connectivity index (χ4v) is 4.57. The van der Waals surface area contributed by atoms with Crippen LogP contribution < -0.4 is 15.3 Å². The summed E-state index contributed by atoms with van der Waals surface area (Å²) in [6.07, 6.45) is 4.93. The van der Waals surface area contributed by atoms with E-state index in [0.29, 0.717) is 29.8 Å². The number of amides is 3. The van der Waals surface area contributed by atoms with Gasteiger partial charge in [0.25, 0.3) is 11.8 Å². The molecule has 3 amide bonds. The number of unbranched alkanes of at least 4 members (excludes halogenated alkanes) is 1. The number of carbonyl (C=O) groups is 3. The quantitative estimate of drug-likeness (QED) is 0.509. The molecule has 7 nitrogen and oxygen atoms in total. The number of hydrazine groups is 1. The fraction of sp³-hybridized carbons (Fsp3) is 0.259. The highest BCUT2D eigenvalue weighted by atomic mass is 16.2. The molecule has 0 spiro atoms. The van der Waals surface area contributed by atoms with Gasteiger partial charge in [0.1, 0.15) is 0 Å². The fourth-order valence-electron chi connectivity index (χ4n) is 4.57. The molecule has 3 aromatic rings. The van der Waals surface area contributed by atoms with Crippen molar-refractivity contribution in [1.82, 2.24) is 10.3 Å². The van der Waals surface area contributed by atoms with E-state index in [2.05, 4.69) is 10.3 Å². The maximum Gasteiger partial charge on any atom is 0.264 e. The Hall–Kier alpha value is -4.00. The van der Waals surface area contributed by atoms with Crippen molar-refractivity contribution in [2.45, 2.75) is 39.2 Å². The van der Waals surface area contributed by atoms with E-state index in [1.54, 1.807) is 48.8 Å². The number of rotatable bonds is 8. The number of aromatic nitrogens is 1. The number of carbonyl (C=O) groups excluding carboxylic acids is 3. The van der Waals surface area contributed by atoms with Gasteiger partial charge in [-0.15, -0.1) is 0 Å². The molecular weight excluding hydrogens is 428 g/mol. The molecule has 2 heterocycles. The van der Waals surface area contributed by atoms with Crippen LogP contribution in [0.1, 0.15) is 44.7 Å². The number of pyridine rings is 1. The van der Waals surface area contributed by atoms with Crippen molar-refractivity contribution in [3.8, 4) is 0 Å². The van der Waals surface area contributed by atoms with Gasteiger partial charge >= 0.3 is 0 Å². The molecule has 174 valence electrons. The van der Waals surface area contributed by atoms with E-state index in [0.717, 1.165) is 6.42 Å². The van der Waals surface area contributed by atoms with Crippen molar-refractivity contribution in [1.29, 1.82) is 0 Å². The Morgan fingerprint density at radius 1 is 0.882 bits per heavy atom. The third-order valence-electron chi connectivity index (χ3n) is 6.15. The molecule has 2 aromatic carbocycles. The zero-order valence-corrected chi connectivity index (χ0v) is 19.3. The van der Waals surface area contributed by atoms with Crippen molar-refractivity contribution >= 4 is 29.1 Å². The first kappa shape index (κ1) is 23.2. The average molecular weight is 457 g/mol. The van der Waals surface area contributed by atoms with Crippen LogP contribution in [0.15, 0.2) is 85.2 Å². The Morgan fingerprint density at radius 2 is 1.38 bits per heavy atom. The van der Waals surface area contributed by atoms with E-state index in [1.807, 2.05) is 43.3 Å². The molecule has 0 bridgehead atoms. The Morgan fingerprint density at radius 3 is 1.82 bits per heavy atom. The topological polar surface area (TPSA) is 82.6 Å². The van der Waals surface area contributed by atoms with Crippen molar-refractivity contribution < 1.29 is 14.4 Å². The summed E-state index contributed by atoms with van der Waals surface area (Å²) in [5.74, 6) is -1.05. The molecule has 4 rings (SSSR count). The minimum Gasteiger partial charge on any atom is -0.348 e. The van der Waals surface area contributed by atoms with Gasteiger partial charge in [0.2, 0.25) is 5.91 Å². The van der Waals surface area contributed by atoms with Gasteiger partial charge in [-0.2, -0.15) is 0 Å². The van der Waals surface area contributed by atoms with Gasteiger partial charge in [-0.25, -0.2) is 10.0 Å². The van der Waals surface area contributed by atoms with Gasteiger partial charge in [0.15, 0.2) is 5.41 Å². The number of nitrogens with zero attached hydrogens (tertiary/aromatic N) is 3. The minimum absolute atomic E-state index is 0.293. The van der Waals surface area contributed by atoms with E-state index >= 15 is 0 Å². The molecule has 1 N–H and O–H groups in total. The van der Waals surface area contributed by atoms with Crippen LogP contribution in [-0.4, -0.2) is 22.7 Å². The van der Waals surface area contributed by atoms with Crippen LogP contribution in [0.4, 0.5) is 11.4 Å². The normalized spacial score (nSPS) is 15.9. The van der Waals surface area contributed by atoms with E-state index in [1.165, 1.54) is 16.9 Å². The number of hydrogen-bond acceptors (Lipinski definition) is 4. The van der Waals surface area contributed by atoms with Crippen molar-refractivity contribution in [3.63, 3.8) is 0 Å². The predicted molar refractivity (Wildman–Crippen MR) is 131 cm³/mol. The lowest BCUT2D eigenvalue weighted by atomic mass is 9.72. The molecule has 1 fully saturated rings. The van der Waals surface area contributed by atoms with Crippen LogP contribution in [0.25, 0.3) is 0 Å². The summed E-state index contributed by atoms with van der Waals surface area (Å²) in [6, 6.07) is 20.9. The van der Waals surface area contributed by atoms with Crippen LogP contribution in [0.2, 0.25) is 0 Å². The molecule has 1 aliphatic heterocycles.